The van der Waals surface area contributed by atoms with Gasteiger partial charge < -0.3 is 15.4 Å². The lowest BCUT2D eigenvalue weighted by atomic mass is 10.2. The molecule has 4 heteroatoms. The van der Waals surface area contributed by atoms with Gasteiger partial charge in [-0.2, -0.15) is 11.3 Å². The maximum Gasteiger partial charge on any atom is 0.0711 e. The Kier molecular flexibility index (Phi) is 4.35. The molecule has 2 heterocycles. The molecule has 0 amide bonds. The molecule has 3 nitrogen and oxygen atoms in total. The molecule has 1 aromatic heterocycles. The van der Waals surface area contributed by atoms with E-state index in [0.29, 0.717) is 12.1 Å². The third-order valence-corrected chi connectivity index (χ3v) is 4.09. The monoisotopic (exact) mass is 240 g/mol. The summed E-state index contributed by atoms with van der Waals surface area (Å²) in [5.74, 6) is 0. The Morgan fingerprint density at radius 3 is 3.06 bits per heavy atom. The van der Waals surface area contributed by atoms with E-state index in [1.165, 1.54) is 11.1 Å². The second-order valence-electron chi connectivity index (χ2n) is 4.41. The van der Waals surface area contributed by atoms with Crippen LogP contribution < -0.4 is 10.6 Å². The van der Waals surface area contributed by atoms with Gasteiger partial charge >= 0.3 is 0 Å². The lowest BCUT2D eigenvalue weighted by molar-refractivity contribution is 0.117. The van der Waals surface area contributed by atoms with Crippen LogP contribution in [0.1, 0.15) is 17.5 Å². The molecule has 2 N–H and O–H groups in total. The number of thiophene rings is 1. The third-order valence-electron chi connectivity index (χ3n) is 3.18. The van der Waals surface area contributed by atoms with Gasteiger partial charge in [-0.05, 0) is 35.2 Å². The zero-order valence-corrected chi connectivity index (χ0v) is 10.8. The van der Waals surface area contributed by atoms with Crippen molar-refractivity contribution >= 4 is 11.3 Å². The van der Waals surface area contributed by atoms with Crippen molar-refractivity contribution in [2.75, 3.05) is 20.2 Å². The predicted octanol–water partition coefficient (Wildman–Crippen LogP) is 1.52. The van der Waals surface area contributed by atoms with Crippen molar-refractivity contribution in [3.63, 3.8) is 0 Å². The van der Waals surface area contributed by atoms with E-state index in [9.17, 15) is 0 Å². The van der Waals surface area contributed by atoms with E-state index in [-0.39, 0.29) is 0 Å². The Morgan fingerprint density at radius 1 is 1.56 bits per heavy atom. The van der Waals surface area contributed by atoms with E-state index in [0.717, 1.165) is 26.1 Å². The van der Waals surface area contributed by atoms with Crippen molar-refractivity contribution < 1.29 is 4.74 Å². The first kappa shape index (κ1) is 12.0. The molecule has 2 atom stereocenters. The summed E-state index contributed by atoms with van der Waals surface area (Å²) in [5.41, 5.74) is 2.82. The zero-order valence-electron chi connectivity index (χ0n) is 9.95. The van der Waals surface area contributed by atoms with Crippen molar-refractivity contribution in [3.8, 4) is 0 Å². The number of aryl methyl sites for hydroxylation is 1. The smallest absolute Gasteiger partial charge is 0.0711 e. The molecule has 1 fully saturated rings. The summed E-state index contributed by atoms with van der Waals surface area (Å²) in [7, 11) is 1.79. The van der Waals surface area contributed by atoms with Gasteiger partial charge in [0.25, 0.3) is 0 Å². The van der Waals surface area contributed by atoms with Crippen LogP contribution in [0.3, 0.4) is 0 Å². The molecule has 0 saturated carbocycles. The summed E-state index contributed by atoms with van der Waals surface area (Å²) in [6.45, 7) is 5.16. The van der Waals surface area contributed by atoms with E-state index >= 15 is 0 Å². The van der Waals surface area contributed by atoms with Crippen LogP contribution in [-0.2, 0) is 11.3 Å². The SMILES string of the molecule is COC1CNC(CNCc2cscc2C)C1. The van der Waals surface area contributed by atoms with Crippen LogP contribution in [0.2, 0.25) is 0 Å². The molecule has 0 spiro atoms. The highest BCUT2D eigenvalue weighted by Gasteiger charge is 2.22. The summed E-state index contributed by atoms with van der Waals surface area (Å²) in [5, 5.41) is 11.4. The first-order valence-electron chi connectivity index (χ1n) is 5.78. The lowest BCUT2D eigenvalue weighted by Gasteiger charge is -2.11. The number of hydrogen-bond acceptors (Lipinski definition) is 4. The first-order valence-corrected chi connectivity index (χ1v) is 6.72. The number of methoxy groups -OCH3 is 1. The van der Waals surface area contributed by atoms with Crippen molar-refractivity contribution in [2.24, 2.45) is 0 Å². The summed E-state index contributed by atoms with van der Waals surface area (Å²) in [4.78, 5) is 0. The largest absolute Gasteiger partial charge is 0.380 e. The Morgan fingerprint density at radius 2 is 2.44 bits per heavy atom. The highest BCUT2D eigenvalue weighted by Crippen LogP contribution is 2.13. The van der Waals surface area contributed by atoms with Crippen molar-refractivity contribution in [1.82, 2.24) is 10.6 Å². The minimum absolute atomic E-state index is 0.398. The van der Waals surface area contributed by atoms with Crippen LogP contribution in [0.5, 0.6) is 0 Å². The quantitative estimate of drug-likeness (QED) is 0.819. The van der Waals surface area contributed by atoms with Gasteiger partial charge in [0.2, 0.25) is 0 Å². The first-order chi connectivity index (χ1) is 7.79. The fraction of sp³-hybridized carbons (Fsp3) is 0.667. The zero-order chi connectivity index (χ0) is 11.4. The molecule has 0 aromatic carbocycles. The van der Waals surface area contributed by atoms with Crippen LogP contribution in [0.15, 0.2) is 10.8 Å². The summed E-state index contributed by atoms with van der Waals surface area (Å²) in [6.07, 6.45) is 1.52. The van der Waals surface area contributed by atoms with Crippen molar-refractivity contribution in [3.05, 3.63) is 21.9 Å². The molecule has 1 saturated heterocycles. The van der Waals surface area contributed by atoms with E-state index in [1.807, 2.05) is 0 Å². The standard InChI is InChI=1S/C12H20N2OS/c1-9-7-16-8-10(9)4-13-5-11-3-12(15-2)6-14-11/h7-8,11-14H,3-6H2,1-2H3. The maximum atomic E-state index is 5.32. The van der Waals surface area contributed by atoms with Gasteiger partial charge in [-0.1, -0.05) is 0 Å². The molecule has 1 aromatic rings. The maximum absolute atomic E-state index is 5.32. The normalized spacial score (nSPS) is 25.1. The molecule has 2 unspecified atom stereocenters. The van der Waals surface area contributed by atoms with E-state index in [4.69, 9.17) is 4.74 Å². The molecular formula is C12H20N2OS. The highest BCUT2D eigenvalue weighted by molar-refractivity contribution is 7.08. The van der Waals surface area contributed by atoms with E-state index < -0.39 is 0 Å². The molecule has 16 heavy (non-hydrogen) atoms. The molecule has 2 rings (SSSR count). The summed E-state index contributed by atoms with van der Waals surface area (Å²) < 4.78 is 5.32. The minimum atomic E-state index is 0.398. The van der Waals surface area contributed by atoms with Gasteiger partial charge in [-0.15, -0.1) is 0 Å². The van der Waals surface area contributed by atoms with Crippen LogP contribution >= 0.6 is 11.3 Å². The topological polar surface area (TPSA) is 33.3 Å². The van der Waals surface area contributed by atoms with Crippen LogP contribution in [0.25, 0.3) is 0 Å². The van der Waals surface area contributed by atoms with Gasteiger partial charge in [-0.3, -0.25) is 0 Å². The number of ether oxygens (including phenoxy) is 1. The van der Waals surface area contributed by atoms with Gasteiger partial charge in [0.1, 0.15) is 0 Å². The summed E-state index contributed by atoms with van der Waals surface area (Å²) in [6, 6.07) is 0.559. The number of rotatable bonds is 5. The van der Waals surface area contributed by atoms with Crippen molar-refractivity contribution in [2.45, 2.75) is 32.0 Å². The molecule has 1 aliphatic heterocycles. The fourth-order valence-corrected chi connectivity index (χ4v) is 2.92. The molecule has 0 aliphatic carbocycles. The molecule has 90 valence electrons. The third kappa shape index (κ3) is 3.04. The number of hydrogen-bond donors (Lipinski definition) is 2. The van der Waals surface area contributed by atoms with Gasteiger partial charge in [0.15, 0.2) is 0 Å². The minimum Gasteiger partial charge on any atom is -0.380 e. The van der Waals surface area contributed by atoms with Crippen molar-refractivity contribution in [1.29, 1.82) is 0 Å². The van der Waals surface area contributed by atoms with Gasteiger partial charge in [0.05, 0.1) is 6.10 Å². The molecule has 0 radical (unpaired) electrons. The second kappa shape index (κ2) is 5.77. The van der Waals surface area contributed by atoms with Gasteiger partial charge in [-0.25, -0.2) is 0 Å². The van der Waals surface area contributed by atoms with Gasteiger partial charge in [0, 0.05) is 32.8 Å². The average molecular weight is 240 g/mol. The van der Waals surface area contributed by atoms with Crippen LogP contribution in [0, 0.1) is 6.92 Å². The van der Waals surface area contributed by atoms with Crippen LogP contribution in [-0.4, -0.2) is 32.3 Å². The second-order valence-corrected chi connectivity index (χ2v) is 5.15. The number of nitrogens with one attached hydrogen (secondary N) is 2. The lowest BCUT2D eigenvalue weighted by Crippen LogP contribution is -2.33. The van der Waals surface area contributed by atoms with Crippen LogP contribution in [0.4, 0.5) is 0 Å². The van der Waals surface area contributed by atoms with E-state index in [2.05, 4.69) is 28.3 Å². The Labute approximate surface area is 101 Å². The summed E-state index contributed by atoms with van der Waals surface area (Å²) >= 11 is 1.78. The average Bonchev–Trinajstić information content (AvgIpc) is 2.89. The highest BCUT2D eigenvalue weighted by atomic mass is 32.1. The Balaban J connectivity index is 1.67. The molecule has 0 bridgehead atoms. The Hall–Kier alpha value is -0.420. The fourth-order valence-electron chi connectivity index (χ4n) is 2.07. The Bertz CT molecular complexity index is 327. The predicted molar refractivity (Wildman–Crippen MR) is 68.0 cm³/mol. The molecule has 1 aliphatic rings. The molecular weight excluding hydrogens is 220 g/mol. The van der Waals surface area contributed by atoms with E-state index in [1.54, 1.807) is 18.4 Å².